The SMILES string of the molecule is CCCCC/C=C\C/C=C\CCCCCCCCCC(=O)OC(COC(=O)CCCCCCCCCCC)COP(=O)(O)OCC(CO)OC(=O)CCCCCCC/C=C\CCCCCCCC. The third kappa shape index (κ3) is 48.7. The molecule has 3 atom stereocenters. The van der Waals surface area contributed by atoms with Crippen molar-refractivity contribution in [2.24, 2.45) is 0 Å². The normalized spacial score (nSPS) is 13.7. The lowest BCUT2D eigenvalue weighted by Gasteiger charge is -2.21. The van der Waals surface area contributed by atoms with E-state index < -0.39 is 57.8 Å². The predicted molar refractivity (Wildman–Crippen MR) is 279 cm³/mol. The summed E-state index contributed by atoms with van der Waals surface area (Å²) >= 11 is 0. The molecule has 0 saturated heterocycles. The number of carbonyl (C=O) groups is 3. The van der Waals surface area contributed by atoms with Crippen molar-refractivity contribution in [1.82, 2.24) is 0 Å². The van der Waals surface area contributed by atoms with Crippen LogP contribution in [0.1, 0.15) is 265 Å². The van der Waals surface area contributed by atoms with Crippen LogP contribution in [0.4, 0.5) is 0 Å². The quantitative estimate of drug-likeness (QED) is 0.0197. The standard InChI is InChI=1S/C56H103O11P/c1-4-7-10-13-16-19-21-23-25-26-28-30-32-35-38-41-44-47-56(60)67-53(49-63-54(58)45-42-39-36-33-18-15-12-9-6-3)51-65-68(61,62)64-50-52(48-57)66-55(59)46-43-40-37-34-31-29-27-24-22-20-17-14-11-8-5-2/h16,19,23-25,27,52-53,57H,4-15,17-18,20-22,26,28-51H2,1-3H3,(H,61,62)/b19-16-,25-23-,27-24-. The van der Waals surface area contributed by atoms with Crippen molar-refractivity contribution in [3.8, 4) is 0 Å². The van der Waals surface area contributed by atoms with Crippen LogP contribution in [-0.2, 0) is 42.2 Å². The lowest BCUT2D eigenvalue weighted by atomic mass is 10.1. The molecule has 0 heterocycles. The summed E-state index contributed by atoms with van der Waals surface area (Å²) in [4.78, 5) is 48.3. The lowest BCUT2D eigenvalue weighted by molar-refractivity contribution is -0.161. The van der Waals surface area contributed by atoms with E-state index >= 15 is 0 Å². The Morgan fingerprint density at radius 3 is 1.13 bits per heavy atom. The Morgan fingerprint density at radius 2 is 0.721 bits per heavy atom. The van der Waals surface area contributed by atoms with Crippen LogP contribution in [0.5, 0.6) is 0 Å². The van der Waals surface area contributed by atoms with E-state index in [0.29, 0.717) is 19.3 Å². The predicted octanol–water partition coefficient (Wildman–Crippen LogP) is 16.0. The van der Waals surface area contributed by atoms with Gasteiger partial charge in [0.1, 0.15) is 12.7 Å². The molecular weight excluding hydrogens is 880 g/mol. The average Bonchev–Trinajstić information content (AvgIpc) is 3.32. The fraction of sp³-hybridized carbons (Fsp3) is 0.839. The van der Waals surface area contributed by atoms with Gasteiger partial charge in [-0.25, -0.2) is 4.57 Å². The Kier molecular flexibility index (Phi) is 49.3. The number of ether oxygens (including phenoxy) is 3. The smallest absolute Gasteiger partial charge is 0.462 e. The van der Waals surface area contributed by atoms with Crippen LogP contribution in [0.3, 0.4) is 0 Å². The second-order valence-electron chi connectivity index (χ2n) is 18.7. The number of esters is 3. The molecule has 0 aliphatic heterocycles. The summed E-state index contributed by atoms with van der Waals surface area (Å²) in [5.74, 6) is -1.47. The number of unbranched alkanes of at least 4 members (excludes halogenated alkanes) is 29. The number of phosphoric ester groups is 1. The molecule has 68 heavy (non-hydrogen) atoms. The Hall–Kier alpha value is -2.30. The maximum absolute atomic E-state index is 12.9. The third-order valence-electron chi connectivity index (χ3n) is 12.0. The van der Waals surface area contributed by atoms with Crippen molar-refractivity contribution in [2.75, 3.05) is 26.4 Å². The molecule has 0 radical (unpaired) electrons. The number of hydrogen-bond donors (Lipinski definition) is 2. The van der Waals surface area contributed by atoms with E-state index in [1.807, 2.05) is 0 Å². The first-order chi connectivity index (χ1) is 33.2. The summed E-state index contributed by atoms with van der Waals surface area (Å²) < 4.78 is 39.4. The zero-order valence-corrected chi connectivity index (χ0v) is 44.7. The number of allylic oxidation sites excluding steroid dienone is 6. The molecule has 12 heteroatoms. The molecule has 0 aliphatic carbocycles. The van der Waals surface area contributed by atoms with Crippen molar-refractivity contribution in [1.29, 1.82) is 0 Å². The van der Waals surface area contributed by atoms with Crippen LogP contribution in [0, 0.1) is 0 Å². The third-order valence-corrected chi connectivity index (χ3v) is 13.0. The van der Waals surface area contributed by atoms with Crippen LogP contribution >= 0.6 is 7.82 Å². The second kappa shape index (κ2) is 51.1. The number of rotatable bonds is 52. The van der Waals surface area contributed by atoms with Gasteiger partial charge in [-0.05, 0) is 77.0 Å². The van der Waals surface area contributed by atoms with Gasteiger partial charge in [-0.15, -0.1) is 0 Å². The molecule has 2 N–H and O–H groups in total. The molecule has 0 aromatic carbocycles. The molecule has 0 aromatic heterocycles. The summed E-state index contributed by atoms with van der Waals surface area (Å²) in [6.45, 7) is 4.59. The van der Waals surface area contributed by atoms with Crippen molar-refractivity contribution in [3.05, 3.63) is 36.5 Å². The lowest BCUT2D eigenvalue weighted by Crippen LogP contribution is -2.30. The molecule has 0 fully saturated rings. The first kappa shape index (κ1) is 65.7. The van der Waals surface area contributed by atoms with E-state index in [0.717, 1.165) is 96.3 Å². The Labute approximate surface area is 416 Å². The van der Waals surface area contributed by atoms with Gasteiger partial charge in [0.05, 0.1) is 19.8 Å². The van der Waals surface area contributed by atoms with Crippen LogP contribution in [0.15, 0.2) is 36.5 Å². The van der Waals surface area contributed by atoms with Crippen LogP contribution < -0.4 is 0 Å². The minimum absolute atomic E-state index is 0.161. The molecule has 11 nitrogen and oxygen atoms in total. The van der Waals surface area contributed by atoms with E-state index in [4.69, 9.17) is 23.3 Å². The molecule has 0 rings (SSSR count). The number of hydrogen-bond acceptors (Lipinski definition) is 10. The number of phosphoric acid groups is 1. The van der Waals surface area contributed by atoms with Crippen LogP contribution in [0.2, 0.25) is 0 Å². The first-order valence-corrected chi connectivity index (χ1v) is 29.4. The van der Waals surface area contributed by atoms with Crippen molar-refractivity contribution < 1.29 is 52.2 Å². The summed E-state index contributed by atoms with van der Waals surface area (Å²) in [6, 6.07) is 0. The van der Waals surface area contributed by atoms with Gasteiger partial charge in [0, 0.05) is 19.3 Å². The fourth-order valence-electron chi connectivity index (χ4n) is 7.73. The summed E-state index contributed by atoms with van der Waals surface area (Å²) in [6.07, 6.45) is 51.1. The number of carbonyl (C=O) groups excluding carboxylic acids is 3. The summed E-state index contributed by atoms with van der Waals surface area (Å²) in [5.41, 5.74) is 0. The molecule has 0 bridgehead atoms. The van der Waals surface area contributed by atoms with Gasteiger partial charge >= 0.3 is 25.7 Å². The van der Waals surface area contributed by atoms with Gasteiger partial charge in [0.15, 0.2) is 6.10 Å². The molecule has 0 saturated carbocycles. The van der Waals surface area contributed by atoms with Gasteiger partial charge in [-0.2, -0.15) is 0 Å². The van der Waals surface area contributed by atoms with Crippen LogP contribution in [0.25, 0.3) is 0 Å². The molecule has 3 unspecified atom stereocenters. The van der Waals surface area contributed by atoms with Crippen molar-refractivity contribution in [3.63, 3.8) is 0 Å². The zero-order chi connectivity index (χ0) is 49.9. The summed E-state index contributed by atoms with van der Waals surface area (Å²) in [7, 11) is -4.74. The van der Waals surface area contributed by atoms with Crippen LogP contribution in [-0.4, -0.2) is 66.5 Å². The van der Waals surface area contributed by atoms with E-state index in [-0.39, 0.29) is 25.9 Å². The number of aliphatic hydroxyl groups is 1. The highest BCUT2D eigenvalue weighted by Gasteiger charge is 2.28. The van der Waals surface area contributed by atoms with E-state index in [9.17, 15) is 28.9 Å². The second-order valence-corrected chi connectivity index (χ2v) is 20.2. The topological polar surface area (TPSA) is 155 Å². The monoisotopic (exact) mass is 983 g/mol. The van der Waals surface area contributed by atoms with E-state index in [1.54, 1.807) is 0 Å². The van der Waals surface area contributed by atoms with Crippen molar-refractivity contribution in [2.45, 2.75) is 277 Å². The highest BCUT2D eigenvalue weighted by atomic mass is 31.2. The van der Waals surface area contributed by atoms with E-state index in [2.05, 4.69) is 57.2 Å². The molecule has 0 aromatic rings. The Balaban J connectivity index is 4.65. The molecule has 0 spiro atoms. The molecule has 0 aliphatic rings. The van der Waals surface area contributed by atoms with Gasteiger partial charge in [-0.1, -0.05) is 205 Å². The van der Waals surface area contributed by atoms with Gasteiger partial charge in [0.25, 0.3) is 0 Å². The Morgan fingerprint density at radius 1 is 0.412 bits per heavy atom. The highest BCUT2D eigenvalue weighted by molar-refractivity contribution is 7.47. The largest absolute Gasteiger partial charge is 0.472 e. The molecule has 398 valence electrons. The van der Waals surface area contributed by atoms with Gasteiger partial charge < -0.3 is 24.2 Å². The van der Waals surface area contributed by atoms with Crippen molar-refractivity contribution >= 4 is 25.7 Å². The summed E-state index contributed by atoms with van der Waals surface area (Å²) in [5, 5.41) is 9.79. The number of aliphatic hydroxyl groups excluding tert-OH is 1. The zero-order valence-electron chi connectivity index (χ0n) is 43.8. The average molecular weight is 983 g/mol. The van der Waals surface area contributed by atoms with E-state index in [1.165, 1.54) is 109 Å². The maximum Gasteiger partial charge on any atom is 0.472 e. The highest BCUT2D eigenvalue weighted by Crippen LogP contribution is 2.43. The minimum Gasteiger partial charge on any atom is -0.462 e. The maximum atomic E-state index is 12.9. The van der Waals surface area contributed by atoms with Gasteiger partial charge in [0.2, 0.25) is 0 Å². The minimum atomic E-state index is -4.74. The molecule has 0 amide bonds. The Bertz CT molecular complexity index is 1280. The fourth-order valence-corrected chi connectivity index (χ4v) is 8.52. The molecular formula is C56H103O11P. The van der Waals surface area contributed by atoms with Gasteiger partial charge in [-0.3, -0.25) is 23.4 Å². The first-order valence-electron chi connectivity index (χ1n) is 27.9.